The number of allylic oxidation sites excluding steroid dienone is 1. The lowest BCUT2D eigenvalue weighted by molar-refractivity contribution is -0.133. The van der Waals surface area contributed by atoms with Crippen LogP contribution in [0.25, 0.3) is 0 Å². The van der Waals surface area contributed by atoms with Gasteiger partial charge in [0.1, 0.15) is 10.3 Å². The minimum Gasteiger partial charge on any atom is -0.393 e. The van der Waals surface area contributed by atoms with Crippen LogP contribution in [0.4, 0.5) is 0 Å². The van der Waals surface area contributed by atoms with Crippen molar-refractivity contribution in [3.8, 4) is 0 Å². The van der Waals surface area contributed by atoms with Crippen molar-refractivity contribution in [2.24, 2.45) is 23.7 Å². The van der Waals surface area contributed by atoms with Crippen LogP contribution >= 0.6 is 23.2 Å². The molecule has 0 radical (unpaired) electrons. The summed E-state index contributed by atoms with van der Waals surface area (Å²) < 4.78 is 0.335. The first-order valence-electron chi connectivity index (χ1n) is 5.87. The van der Waals surface area contributed by atoms with Crippen LogP contribution in [-0.4, -0.2) is 17.0 Å². The molecule has 3 aliphatic carbocycles. The molecular formula is C12H14Cl2O2. The Kier molecular flexibility index (Phi) is 2.58. The smallest absolute Gasteiger partial charge is 0.137 e. The van der Waals surface area contributed by atoms with Crippen molar-refractivity contribution in [3.63, 3.8) is 0 Å². The summed E-state index contributed by atoms with van der Waals surface area (Å²) in [5, 5.41) is 10.1. The summed E-state index contributed by atoms with van der Waals surface area (Å²) in [5.74, 6) is 0.837. The lowest BCUT2D eigenvalue weighted by atomic mass is 9.69. The molecule has 3 fully saturated rings. The Morgan fingerprint density at radius 2 is 1.88 bits per heavy atom. The fourth-order valence-corrected chi connectivity index (χ4v) is 4.67. The van der Waals surface area contributed by atoms with Gasteiger partial charge < -0.3 is 5.11 Å². The first kappa shape index (κ1) is 11.1. The van der Waals surface area contributed by atoms with Crippen molar-refractivity contribution in [1.29, 1.82) is 0 Å². The normalized spacial score (nSPS) is 46.1. The third kappa shape index (κ3) is 1.33. The number of fused-ring (bicyclic) bond motifs is 5. The number of halogens is 2. The second-order valence-electron chi connectivity index (χ2n) is 5.18. The van der Waals surface area contributed by atoms with Gasteiger partial charge in [-0.3, -0.25) is 4.79 Å². The molecule has 0 aromatic carbocycles. The predicted octanol–water partition coefficient (Wildman–Crippen LogP) is 2.67. The molecule has 0 saturated heterocycles. The Morgan fingerprint density at radius 1 is 1.19 bits per heavy atom. The highest BCUT2D eigenvalue weighted by molar-refractivity contribution is 6.56. The molecule has 0 aromatic rings. The van der Waals surface area contributed by atoms with Gasteiger partial charge in [-0.15, -0.1) is 0 Å². The Bertz CT molecular complexity index is 373. The number of carbonyl (C=O) groups excluding carboxylic acids is 1. The second-order valence-corrected chi connectivity index (χ2v) is 6.13. The van der Waals surface area contributed by atoms with Crippen molar-refractivity contribution in [2.45, 2.75) is 31.8 Å². The van der Waals surface area contributed by atoms with Crippen LogP contribution in [0.3, 0.4) is 0 Å². The SMILES string of the molecule is O=C1CCC(O)[C@H]2C3CCC(C3=C(Cl)Cl)[C@H]12. The van der Waals surface area contributed by atoms with Gasteiger partial charge in [0.15, 0.2) is 0 Å². The average molecular weight is 261 g/mol. The molecule has 2 bridgehead atoms. The number of hydrogen-bond donors (Lipinski definition) is 1. The fourth-order valence-electron chi connectivity index (χ4n) is 4.11. The number of aliphatic hydroxyl groups is 1. The van der Waals surface area contributed by atoms with E-state index >= 15 is 0 Å². The molecule has 3 saturated carbocycles. The molecule has 0 heterocycles. The number of Topliss-reactive ketones (excluding diaryl/α,β-unsaturated/α-hetero) is 1. The molecule has 2 nitrogen and oxygen atoms in total. The highest BCUT2D eigenvalue weighted by Gasteiger charge is 2.58. The molecule has 0 aliphatic heterocycles. The van der Waals surface area contributed by atoms with E-state index in [0.29, 0.717) is 23.1 Å². The number of rotatable bonds is 0. The molecule has 3 aliphatic rings. The van der Waals surface area contributed by atoms with Crippen LogP contribution in [-0.2, 0) is 4.79 Å². The predicted molar refractivity (Wildman–Crippen MR) is 62.2 cm³/mol. The van der Waals surface area contributed by atoms with Gasteiger partial charge in [0, 0.05) is 18.3 Å². The Labute approximate surface area is 105 Å². The highest BCUT2D eigenvalue weighted by atomic mass is 35.5. The molecular weight excluding hydrogens is 247 g/mol. The number of aliphatic hydroxyl groups excluding tert-OH is 1. The van der Waals surface area contributed by atoms with Crippen molar-refractivity contribution in [2.75, 3.05) is 0 Å². The van der Waals surface area contributed by atoms with E-state index in [1.54, 1.807) is 0 Å². The third-order valence-corrected chi connectivity index (χ3v) is 5.06. The molecule has 3 unspecified atom stereocenters. The van der Waals surface area contributed by atoms with Crippen LogP contribution in [0.5, 0.6) is 0 Å². The summed E-state index contributed by atoms with van der Waals surface area (Å²) in [5.41, 5.74) is 1.05. The molecule has 88 valence electrons. The molecule has 4 heteroatoms. The van der Waals surface area contributed by atoms with Gasteiger partial charge in [0.2, 0.25) is 0 Å². The summed E-state index contributed by atoms with van der Waals surface area (Å²) >= 11 is 11.9. The quantitative estimate of drug-likeness (QED) is 0.727. The summed E-state index contributed by atoms with van der Waals surface area (Å²) in [6.45, 7) is 0. The van der Waals surface area contributed by atoms with Crippen LogP contribution in [0, 0.1) is 23.7 Å². The average Bonchev–Trinajstić information content (AvgIpc) is 2.79. The van der Waals surface area contributed by atoms with E-state index < -0.39 is 0 Å². The first-order valence-corrected chi connectivity index (χ1v) is 6.62. The zero-order valence-electron chi connectivity index (χ0n) is 8.83. The van der Waals surface area contributed by atoms with Gasteiger partial charge in [-0.1, -0.05) is 23.2 Å². The fraction of sp³-hybridized carbons (Fsp3) is 0.750. The lowest BCUT2D eigenvalue weighted by Crippen LogP contribution is -2.41. The van der Waals surface area contributed by atoms with E-state index in [-0.39, 0.29) is 29.8 Å². The second kappa shape index (κ2) is 3.72. The minimum atomic E-state index is -0.347. The van der Waals surface area contributed by atoms with E-state index in [4.69, 9.17) is 23.2 Å². The third-order valence-electron chi connectivity index (χ3n) is 4.62. The van der Waals surface area contributed by atoms with Crippen LogP contribution in [0.15, 0.2) is 10.1 Å². The molecule has 3 rings (SSSR count). The van der Waals surface area contributed by atoms with Crippen molar-refractivity contribution >= 4 is 29.0 Å². The zero-order chi connectivity index (χ0) is 11.4. The summed E-state index contributed by atoms with van der Waals surface area (Å²) in [6, 6.07) is 0. The van der Waals surface area contributed by atoms with Crippen LogP contribution < -0.4 is 0 Å². The standard InChI is InChI=1S/C12H14Cl2O2/c13-12(14)9-5-1-2-6(9)11-8(16)4-3-7(15)10(5)11/h5-7,10-11,15H,1-4H2/t5?,6?,7?,10-,11-/m1/s1. The Hall–Kier alpha value is -0.0500. The van der Waals surface area contributed by atoms with Crippen LogP contribution in [0.1, 0.15) is 25.7 Å². The highest BCUT2D eigenvalue weighted by Crippen LogP contribution is 2.60. The van der Waals surface area contributed by atoms with Gasteiger partial charge in [-0.25, -0.2) is 0 Å². The summed E-state index contributed by atoms with van der Waals surface area (Å²) in [4.78, 5) is 12.0. The maximum absolute atomic E-state index is 12.0. The number of hydrogen-bond acceptors (Lipinski definition) is 2. The summed E-state index contributed by atoms with van der Waals surface area (Å²) in [7, 11) is 0. The van der Waals surface area contributed by atoms with Gasteiger partial charge in [-0.2, -0.15) is 0 Å². The van der Waals surface area contributed by atoms with Gasteiger partial charge in [0.25, 0.3) is 0 Å². The van der Waals surface area contributed by atoms with Gasteiger partial charge >= 0.3 is 0 Å². The van der Waals surface area contributed by atoms with E-state index in [1.165, 1.54) is 0 Å². The van der Waals surface area contributed by atoms with Crippen molar-refractivity contribution in [1.82, 2.24) is 0 Å². The van der Waals surface area contributed by atoms with Gasteiger partial charge in [-0.05, 0) is 36.7 Å². The molecule has 5 atom stereocenters. The maximum atomic E-state index is 12.0. The Morgan fingerprint density at radius 3 is 2.50 bits per heavy atom. The topological polar surface area (TPSA) is 37.3 Å². The van der Waals surface area contributed by atoms with Gasteiger partial charge in [0.05, 0.1) is 6.10 Å². The first-order chi connectivity index (χ1) is 7.61. The lowest BCUT2D eigenvalue weighted by Gasteiger charge is -2.36. The van der Waals surface area contributed by atoms with E-state index in [1.807, 2.05) is 0 Å². The van der Waals surface area contributed by atoms with E-state index in [0.717, 1.165) is 18.4 Å². The van der Waals surface area contributed by atoms with E-state index in [2.05, 4.69) is 0 Å². The van der Waals surface area contributed by atoms with E-state index in [9.17, 15) is 9.90 Å². The number of carbonyl (C=O) groups is 1. The zero-order valence-corrected chi connectivity index (χ0v) is 10.3. The molecule has 16 heavy (non-hydrogen) atoms. The summed E-state index contributed by atoms with van der Waals surface area (Å²) in [6.07, 6.45) is 2.80. The molecule has 0 spiro atoms. The molecule has 0 aromatic heterocycles. The molecule has 1 N–H and O–H groups in total. The minimum absolute atomic E-state index is 0.00926. The largest absolute Gasteiger partial charge is 0.393 e. The molecule has 0 amide bonds. The monoisotopic (exact) mass is 260 g/mol. The number of ketones is 1. The Balaban J connectivity index is 2.04. The van der Waals surface area contributed by atoms with Crippen molar-refractivity contribution < 1.29 is 9.90 Å². The maximum Gasteiger partial charge on any atom is 0.137 e. The van der Waals surface area contributed by atoms with Crippen molar-refractivity contribution in [3.05, 3.63) is 10.1 Å². The van der Waals surface area contributed by atoms with Crippen LogP contribution in [0.2, 0.25) is 0 Å².